The Hall–Kier alpha value is -1.52. The maximum Gasteiger partial charge on any atom is 0.270 e. The van der Waals surface area contributed by atoms with Crippen molar-refractivity contribution in [3.63, 3.8) is 0 Å². The van der Waals surface area contributed by atoms with Crippen molar-refractivity contribution in [2.75, 3.05) is 26.3 Å². The Labute approximate surface area is 109 Å². The van der Waals surface area contributed by atoms with Crippen molar-refractivity contribution in [3.8, 4) is 0 Å². The van der Waals surface area contributed by atoms with E-state index in [1.54, 1.807) is 4.90 Å². The number of nitrogens with zero attached hydrogens (tertiary/aromatic N) is 1. The lowest BCUT2D eigenvalue weighted by Crippen LogP contribution is -2.40. The van der Waals surface area contributed by atoms with E-state index in [1.807, 2.05) is 24.3 Å². The van der Waals surface area contributed by atoms with Crippen LogP contribution in [0.25, 0.3) is 10.9 Å². The van der Waals surface area contributed by atoms with Gasteiger partial charge < -0.3 is 14.6 Å². The molecule has 18 heavy (non-hydrogen) atoms. The second kappa shape index (κ2) is 4.63. The maximum atomic E-state index is 12.3. The number of carbonyl (C=O) groups is 1. The van der Waals surface area contributed by atoms with Crippen molar-refractivity contribution >= 4 is 28.4 Å². The third kappa shape index (κ3) is 2.09. The summed E-state index contributed by atoms with van der Waals surface area (Å²) in [6, 6.07) is 7.39. The number of H-pyrrole nitrogens is 1. The Bertz CT molecular complexity index is 588. The molecule has 1 amide bonds. The van der Waals surface area contributed by atoms with Crippen LogP contribution in [-0.2, 0) is 4.74 Å². The zero-order valence-corrected chi connectivity index (χ0v) is 10.5. The van der Waals surface area contributed by atoms with Gasteiger partial charge in [-0.25, -0.2) is 0 Å². The van der Waals surface area contributed by atoms with Crippen molar-refractivity contribution in [1.29, 1.82) is 0 Å². The number of fused-ring (bicyclic) bond motifs is 1. The van der Waals surface area contributed by atoms with Gasteiger partial charge in [0.1, 0.15) is 5.69 Å². The van der Waals surface area contributed by atoms with Crippen LogP contribution < -0.4 is 0 Å². The first kappa shape index (κ1) is 11.6. The second-order valence-corrected chi connectivity index (χ2v) is 4.76. The van der Waals surface area contributed by atoms with Crippen LogP contribution in [0.1, 0.15) is 10.5 Å². The number of aromatic nitrogens is 1. The molecule has 0 unspecified atom stereocenters. The molecule has 4 nitrogen and oxygen atoms in total. The Morgan fingerprint density at radius 2 is 2.06 bits per heavy atom. The lowest BCUT2D eigenvalue weighted by molar-refractivity contribution is 0.0299. The fourth-order valence-electron chi connectivity index (χ4n) is 2.16. The number of halogens is 1. The average Bonchev–Trinajstić information content (AvgIpc) is 2.81. The minimum atomic E-state index is 0.0191. The highest BCUT2D eigenvalue weighted by Gasteiger charge is 2.19. The molecule has 1 N–H and O–H groups in total. The van der Waals surface area contributed by atoms with Crippen LogP contribution in [0.15, 0.2) is 24.3 Å². The van der Waals surface area contributed by atoms with Crippen LogP contribution in [0, 0.1) is 0 Å². The number of hydrogen-bond donors (Lipinski definition) is 1. The van der Waals surface area contributed by atoms with Crippen LogP contribution in [0.2, 0.25) is 5.02 Å². The number of hydrogen-bond acceptors (Lipinski definition) is 2. The van der Waals surface area contributed by atoms with Crippen molar-refractivity contribution in [1.82, 2.24) is 9.88 Å². The van der Waals surface area contributed by atoms with Gasteiger partial charge in [-0.2, -0.15) is 0 Å². The third-order valence-corrected chi connectivity index (χ3v) is 3.35. The van der Waals surface area contributed by atoms with E-state index in [0.717, 1.165) is 10.9 Å². The van der Waals surface area contributed by atoms with Gasteiger partial charge in [-0.15, -0.1) is 0 Å². The summed E-state index contributed by atoms with van der Waals surface area (Å²) in [5.74, 6) is 0.0191. The molecule has 0 spiro atoms. The molecule has 5 heteroatoms. The minimum absolute atomic E-state index is 0.0191. The molecule has 2 heterocycles. The SMILES string of the molecule is O=C(c1cc2cc(Cl)ccc2[nH]1)N1CCOCC1. The third-order valence-electron chi connectivity index (χ3n) is 3.11. The summed E-state index contributed by atoms with van der Waals surface area (Å²) < 4.78 is 5.24. The van der Waals surface area contributed by atoms with Crippen LogP contribution in [0.3, 0.4) is 0 Å². The summed E-state index contributed by atoms with van der Waals surface area (Å²) in [6.07, 6.45) is 0. The van der Waals surface area contributed by atoms with E-state index >= 15 is 0 Å². The number of ether oxygens (including phenoxy) is 1. The van der Waals surface area contributed by atoms with Gasteiger partial charge >= 0.3 is 0 Å². The van der Waals surface area contributed by atoms with Crippen LogP contribution in [-0.4, -0.2) is 42.1 Å². The molecular formula is C13H13ClN2O2. The van der Waals surface area contributed by atoms with Gasteiger partial charge in [-0.1, -0.05) is 11.6 Å². The smallest absolute Gasteiger partial charge is 0.270 e. The molecule has 0 atom stereocenters. The molecule has 3 rings (SSSR count). The van der Waals surface area contributed by atoms with Gasteiger partial charge in [0.2, 0.25) is 0 Å². The van der Waals surface area contributed by atoms with E-state index in [0.29, 0.717) is 37.0 Å². The average molecular weight is 265 g/mol. The van der Waals surface area contributed by atoms with Crippen LogP contribution >= 0.6 is 11.6 Å². The molecule has 2 aromatic rings. The fourth-order valence-corrected chi connectivity index (χ4v) is 2.34. The fraction of sp³-hybridized carbons (Fsp3) is 0.308. The van der Waals surface area contributed by atoms with Crippen LogP contribution in [0.4, 0.5) is 0 Å². The summed E-state index contributed by atoms with van der Waals surface area (Å²) in [7, 11) is 0. The number of aromatic amines is 1. The van der Waals surface area contributed by atoms with Gasteiger partial charge in [0.15, 0.2) is 0 Å². The lowest BCUT2D eigenvalue weighted by atomic mass is 10.2. The molecule has 1 aromatic carbocycles. The van der Waals surface area contributed by atoms with E-state index in [-0.39, 0.29) is 5.91 Å². The van der Waals surface area contributed by atoms with E-state index in [4.69, 9.17) is 16.3 Å². The molecule has 94 valence electrons. The first-order chi connectivity index (χ1) is 8.74. The second-order valence-electron chi connectivity index (χ2n) is 4.32. The van der Waals surface area contributed by atoms with E-state index in [9.17, 15) is 4.79 Å². The standard InChI is InChI=1S/C13H13ClN2O2/c14-10-1-2-11-9(7-10)8-12(15-11)13(17)16-3-5-18-6-4-16/h1-2,7-8,15H,3-6H2. The van der Waals surface area contributed by atoms with Crippen LogP contribution in [0.5, 0.6) is 0 Å². The van der Waals surface area contributed by atoms with Gasteiger partial charge in [-0.3, -0.25) is 4.79 Å². The normalized spacial score (nSPS) is 16.2. The zero-order chi connectivity index (χ0) is 12.5. The number of benzene rings is 1. The maximum absolute atomic E-state index is 12.3. The highest BCUT2D eigenvalue weighted by molar-refractivity contribution is 6.31. The van der Waals surface area contributed by atoms with Crippen molar-refractivity contribution < 1.29 is 9.53 Å². The van der Waals surface area contributed by atoms with Gasteiger partial charge in [-0.05, 0) is 24.3 Å². The Morgan fingerprint density at radius 3 is 2.83 bits per heavy atom. The quantitative estimate of drug-likeness (QED) is 0.859. The van der Waals surface area contributed by atoms with E-state index in [1.165, 1.54) is 0 Å². The molecule has 1 aliphatic heterocycles. The molecule has 1 aliphatic rings. The van der Waals surface area contributed by atoms with E-state index in [2.05, 4.69) is 4.98 Å². The number of nitrogens with one attached hydrogen (secondary N) is 1. The first-order valence-corrected chi connectivity index (χ1v) is 6.27. The highest BCUT2D eigenvalue weighted by Crippen LogP contribution is 2.21. The topological polar surface area (TPSA) is 45.3 Å². The van der Waals surface area contributed by atoms with Gasteiger partial charge in [0, 0.05) is 29.0 Å². The van der Waals surface area contributed by atoms with Gasteiger partial charge in [0.05, 0.1) is 13.2 Å². The summed E-state index contributed by atoms with van der Waals surface area (Å²) in [5, 5.41) is 1.63. The number of morpholine rings is 1. The largest absolute Gasteiger partial charge is 0.378 e. The summed E-state index contributed by atoms with van der Waals surface area (Å²) >= 11 is 5.93. The Balaban J connectivity index is 1.91. The molecule has 0 saturated carbocycles. The Kier molecular flexibility index (Phi) is 2.97. The zero-order valence-electron chi connectivity index (χ0n) is 9.78. The number of amides is 1. The van der Waals surface area contributed by atoms with Crippen molar-refractivity contribution in [2.45, 2.75) is 0 Å². The van der Waals surface area contributed by atoms with E-state index < -0.39 is 0 Å². The Morgan fingerprint density at radius 1 is 1.28 bits per heavy atom. The van der Waals surface area contributed by atoms with Gasteiger partial charge in [0.25, 0.3) is 5.91 Å². The molecule has 1 aromatic heterocycles. The predicted molar refractivity (Wildman–Crippen MR) is 70.0 cm³/mol. The van der Waals surface area contributed by atoms with Crippen molar-refractivity contribution in [3.05, 3.63) is 35.0 Å². The highest BCUT2D eigenvalue weighted by atomic mass is 35.5. The van der Waals surface area contributed by atoms with Crippen molar-refractivity contribution in [2.24, 2.45) is 0 Å². The number of rotatable bonds is 1. The minimum Gasteiger partial charge on any atom is -0.378 e. The monoisotopic (exact) mass is 264 g/mol. The first-order valence-electron chi connectivity index (χ1n) is 5.89. The summed E-state index contributed by atoms with van der Waals surface area (Å²) in [4.78, 5) is 17.2. The molecular weight excluding hydrogens is 252 g/mol. The summed E-state index contributed by atoms with van der Waals surface area (Å²) in [5.41, 5.74) is 1.53. The lowest BCUT2D eigenvalue weighted by Gasteiger charge is -2.26. The molecule has 0 aliphatic carbocycles. The molecule has 1 saturated heterocycles. The summed E-state index contributed by atoms with van der Waals surface area (Å²) in [6.45, 7) is 2.51. The molecule has 1 fully saturated rings. The number of carbonyl (C=O) groups excluding carboxylic acids is 1. The molecule has 0 radical (unpaired) electrons. The molecule has 0 bridgehead atoms. The predicted octanol–water partition coefficient (Wildman–Crippen LogP) is 2.29.